The molecule has 192 valence electrons. The Morgan fingerprint density at radius 1 is 0.892 bits per heavy atom. The molecule has 3 amide bonds. The van der Waals surface area contributed by atoms with Gasteiger partial charge in [0.05, 0.1) is 12.2 Å². The van der Waals surface area contributed by atoms with Gasteiger partial charge in [-0.1, -0.05) is 30.3 Å². The Labute approximate surface area is 217 Å². The highest BCUT2D eigenvalue weighted by atomic mass is 16.5. The molecular formula is C30H33N3O4. The lowest BCUT2D eigenvalue weighted by Gasteiger charge is -2.23. The molecule has 0 atom stereocenters. The predicted molar refractivity (Wildman–Crippen MR) is 145 cm³/mol. The van der Waals surface area contributed by atoms with Gasteiger partial charge in [0.25, 0.3) is 11.8 Å². The van der Waals surface area contributed by atoms with Crippen LogP contribution in [0.2, 0.25) is 0 Å². The van der Waals surface area contributed by atoms with Gasteiger partial charge in [-0.3, -0.25) is 14.4 Å². The summed E-state index contributed by atoms with van der Waals surface area (Å²) in [7, 11) is 0. The van der Waals surface area contributed by atoms with Crippen LogP contribution in [0.25, 0.3) is 0 Å². The first-order valence-corrected chi connectivity index (χ1v) is 12.8. The average molecular weight is 500 g/mol. The van der Waals surface area contributed by atoms with Crippen LogP contribution in [0, 0.1) is 0 Å². The molecule has 0 spiro atoms. The Bertz CT molecular complexity index is 1240. The number of hydrogen-bond acceptors (Lipinski definition) is 4. The predicted octanol–water partition coefficient (Wildman–Crippen LogP) is 5.22. The molecule has 0 aliphatic carbocycles. The van der Waals surface area contributed by atoms with Crippen molar-refractivity contribution in [2.24, 2.45) is 0 Å². The number of benzene rings is 3. The van der Waals surface area contributed by atoms with Crippen molar-refractivity contribution >= 4 is 29.1 Å². The number of nitrogens with one attached hydrogen (secondary N) is 2. The van der Waals surface area contributed by atoms with Crippen molar-refractivity contribution in [3.05, 3.63) is 89.5 Å². The summed E-state index contributed by atoms with van der Waals surface area (Å²) in [6.45, 7) is 3.23. The molecule has 7 nitrogen and oxygen atoms in total. The number of anilines is 2. The van der Waals surface area contributed by atoms with Crippen molar-refractivity contribution in [2.75, 3.05) is 29.9 Å². The molecule has 0 saturated carbocycles. The third kappa shape index (κ3) is 6.97. The van der Waals surface area contributed by atoms with Crippen molar-refractivity contribution in [3.63, 3.8) is 0 Å². The molecular weight excluding hydrogens is 466 g/mol. The lowest BCUT2D eigenvalue weighted by molar-refractivity contribution is -0.118. The Morgan fingerprint density at radius 2 is 1.65 bits per heavy atom. The van der Waals surface area contributed by atoms with Crippen molar-refractivity contribution in [3.8, 4) is 5.75 Å². The van der Waals surface area contributed by atoms with E-state index in [0.29, 0.717) is 42.3 Å². The zero-order chi connectivity index (χ0) is 26.0. The number of carbonyl (C=O) groups excluding carboxylic acids is 3. The molecule has 3 aromatic rings. The van der Waals surface area contributed by atoms with Crippen molar-refractivity contribution in [1.82, 2.24) is 5.32 Å². The Hall–Kier alpha value is -4.13. The molecule has 1 aliphatic heterocycles. The quantitative estimate of drug-likeness (QED) is 0.395. The van der Waals surface area contributed by atoms with Gasteiger partial charge < -0.3 is 20.3 Å². The number of unbranched alkanes of at least 4 members (excludes halogenated alkanes) is 1. The number of amides is 3. The van der Waals surface area contributed by atoms with E-state index < -0.39 is 0 Å². The summed E-state index contributed by atoms with van der Waals surface area (Å²) >= 11 is 0. The number of aryl methyl sites for hydroxylation is 1. The van der Waals surface area contributed by atoms with Crippen LogP contribution in [-0.4, -0.2) is 37.4 Å². The smallest absolute Gasteiger partial charge is 0.259 e. The molecule has 0 unspecified atom stereocenters. The molecule has 7 heteroatoms. The summed E-state index contributed by atoms with van der Waals surface area (Å²) in [5, 5.41) is 5.66. The van der Waals surface area contributed by atoms with E-state index in [0.717, 1.165) is 37.8 Å². The second kappa shape index (κ2) is 12.7. The first kappa shape index (κ1) is 25.9. The number of carbonyl (C=O) groups is 3. The summed E-state index contributed by atoms with van der Waals surface area (Å²) in [5.41, 5.74) is 3.80. The third-order valence-corrected chi connectivity index (χ3v) is 6.33. The van der Waals surface area contributed by atoms with Crippen LogP contribution < -0.4 is 20.3 Å². The van der Waals surface area contributed by atoms with E-state index >= 15 is 0 Å². The molecule has 4 rings (SSSR count). The standard InChI is InChI=1S/C30H33N3O4/c1-22(34)31-19-7-9-21-37-28-14-5-3-12-26(28)29(35)32-25-17-15-24(16-18-25)30(36)33-20-8-6-11-23-10-2-4-13-27(23)33/h2-5,10,12-18H,6-9,11,19-21H2,1H3,(H,31,34)(H,32,35). The summed E-state index contributed by atoms with van der Waals surface area (Å²) in [6, 6.07) is 22.2. The summed E-state index contributed by atoms with van der Waals surface area (Å²) in [5.74, 6) is 0.137. The third-order valence-electron chi connectivity index (χ3n) is 6.33. The van der Waals surface area contributed by atoms with Crippen LogP contribution in [0.5, 0.6) is 5.75 Å². The molecule has 0 saturated heterocycles. The molecule has 37 heavy (non-hydrogen) atoms. The largest absolute Gasteiger partial charge is 0.493 e. The van der Waals surface area contributed by atoms with E-state index in [9.17, 15) is 14.4 Å². The molecule has 2 N–H and O–H groups in total. The highest BCUT2D eigenvalue weighted by molar-refractivity contribution is 6.08. The lowest BCUT2D eigenvalue weighted by Crippen LogP contribution is -2.31. The maximum Gasteiger partial charge on any atom is 0.259 e. The van der Waals surface area contributed by atoms with Gasteiger partial charge in [0.1, 0.15) is 5.75 Å². The normalized spacial score (nSPS) is 12.7. The molecule has 0 radical (unpaired) electrons. The number of para-hydroxylation sites is 2. The fourth-order valence-electron chi connectivity index (χ4n) is 4.41. The van der Waals surface area contributed by atoms with Gasteiger partial charge >= 0.3 is 0 Å². The number of hydrogen-bond donors (Lipinski definition) is 2. The van der Waals surface area contributed by atoms with Gasteiger partial charge in [0.2, 0.25) is 5.91 Å². The minimum atomic E-state index is -0.283. The van der Waals surface area contributed by atoms with Gasteiger partial charge in [-0.15, -0.1) is 0 Å². The number of fused-ring (bicyclic) bond motifs is 1. The van der Waals surface area contributed by atoms with E-state index in [1.807, 2.05) is 29.2 Å². The molecule has 1 heterocycles. The first-order valence-electron chi connectivity index (χ1n) is 12.8. The summed E-state index contributed by atoms with van der Waals surface area (Å²) < 4.78 is 5.84. The minimum absolute atomic E-state index is 0.0375. The Balaban J connectivity index is 1.37. The van der Waals surface area contributed by atoms with E-state index in [1.165, 1.54) is 12.5 Å². The maximum absolute atomic E-state index is 13.3. The number of rotatable bonds is 9. The van der Waals surface area contributed by atoms with Gasteiger partial charge in [-0.25, -0.2) is 0 Å². The molecule has 0 bridgehead atoms. The lowest BCUT2D eigenvalue weighted by atomic mass is 10.1. The topological polar surface area (TPSA) is 87.7 Å². The molecule has 1 aliphatic rings. The van der Waals surface area contributed by atoms with Crippen LogP contribution in [0.15, 0.2) is 72.8 Å². The van der Waals surface area contributed by atoms with E-state index in [4.69, 9.17) is 4.74 Å². The van der Waals surface area contributed by atoms with Crippen molar-refractivity contribution < 1.29 is 19.1 Å². The van der Waals surface area contributed by atoms with E-state index in [2.05, 4.69) is 16.7 Å². The van der Waals surface area contributed by atoms with Gasteiger partial charge in [0.15, 0.2) is 0 Å². The fraction of sp³-hybridized carbons (Fsp3) is 0.300. The average Bonchev–Trinajstić information content (AvgIpc) is 3.13. The zero-order valence-corrected chi connectivity index (χ0v) is 21.2. The second-order valence-electron chi connectivity index (χ2n) is 9.11. The van der Waals surface area contributed by atoms with Crippen LogP contribution in [0.1, 0.15) is 58.9 Å². The fourth-order valence-corrected chi connectivity index (χ4v) is 4.41. The van der Waals surface area contributed by atoms with E-state index in [-0.39, 0.29) is 17.7 Å². The molecule has 3 aromatic carbocycles. The summed E-state index contributed by atoms with van der Waals surface area (Å²) in [4.78, 5) is 39.1. The Morgan fingerprint density at radius 3 is 2.46 bits per heavy atom. The highest BCUT2D eigenvalue weighted by Gasteiger charge is 2.22. The summed E-state index contributed by atoms with van der Waals surface area (Å²) in [6.07, 6.45) is 4.56. The maximum atomic E-state index is 13.3. The highest BCUT2D eigenvalue weighted by Crippen LogP contribution is 2.28. The van der Waals surface area contributed by atoms with Gasteiger partial charge in [-0.05, 0) is 80.1 Å². The van der Waals surface area contributed by atoms with Crippen LogP contribution in [-0.2, 0) is 11.2 Å². The monoisotopic (exact) mass is 499 g/mol. The minimum Gasteiger partial charge on any atom is -0.493 e. The number of nitrogens with zero attached hydrogens (tertiary/aromatic N) is 1. The van der Waals surface area contributed by atoms with Crippen molar-refractivity contribution in [1.29, 1.82) is 0 Å². The van der Waals surface area contributed by atoms with Crippen LogP contribution in [0.4, 0.5) is 11.4 Å². The van der Waals surface area contributed by atoms with E-state index in [1.54, 1.807) is 42.5 Å². The zero-order valence-electron chi connectivity index (χ0n) is 21.2. The number of ether oxygens (including phenoxy) is 1. The second-order valence-corrected chi connectivity index (χ2v) is 9.11. The van der Waals surface area contributed by atoms with Gasteiger partial charge in [-0.2, -0.15) is 0 Å². The van der Waals surface area contributed by atoms with Crippen molar-refractivity contribution in [2.45, 2.75) is 39.0 Å². The SMILES string of the molecule is CC(=O)NCCCCOc1ccccc1C(=O)Nc1ccc(C(=O)N2CCCCc3ccccc32)cc1. The van der Waals surface area contributed by atoms with Gasteiger partial charge in [0, 0.05) is 37.0 Å². The van der Waals surface area contributed by atoms with Crippen LogP contribution >= 0.6 is 0 Å². The molecule has 0 aromatic heterocycles. The van der Waals surface area contributed by atoms with Crippen LogP contribution in [0.3, 0.4) is 0 Å². The Kier molecular flexibility index (Phi) is 8.92. The molecule has 0 fully saturated rings. The first-order chi connectivity index (χ1) is 18.0.